The van der Waals surface area contributed by atoms with Gasteiger partial charge in [0.05, 0.1) is 12.4 Å². The van der Waals surface area contributed by atoms with E-state index in [0.717, 1.165) is 11.3 Å². The largest absolute Gasteiger partial charge is 0.378 e. The fourth-order valence-electron chi connectivity index (χ4n) is 2.47. The molecule has 0 fully saturated rings. The Kier molecular flexibility index (Phi) is 5.66. The number of carbonyl (C=O) groups is 1. The molecule has 27 heavy (non-hydrogen) atoms. The highest BCUT2D eigenvalue weighted by Gasteiger charge is 2.09. The van der Waals surface area contributed by atoms with E-state index in [1.165, 1.54) is 11.8 Å². The number of nitrogens with one attached hydrogen (secondary N) is 2. The van der Waals surface area contributed by atoms with Gasteiger partial charge in [-0.1, -0.05) is 29.8 Å². The zero-order valence-corrected chi connectivity index (χ0v) is 15.7. The smallest absolute Gasteiger partial charge is 0.275 e. The van der Waals surface area contributed by atoms with Gasteiger partial charge in [0.15, 0.2) is 0 Å². The Hall–Kier alpha value is -3.41. The van der Waals surface area contributed by atoms with E-state index in [0.29, 0.717) is 18.1 Å². The van der Waals surface area contributed by atoms with Crippen molar-refractivity contribution in [2.45, 2.75) is 13.5 Å². The van der Waals surface area contributed by atoms with Gasteiger partial charge in [0.2, 0.25) is 0 Å². The summed E-state index contributed by atoms with van der Waals surface area (Å²) in [5.74, 6) is 0.340. The molecule has 0 radical (unpaired) electrons. The number of nitrogens with zero attached hydrogens (tertiary/aromatic N) is 3. The summed E-state index contributed by atoms with van der Waals surface area (Å²) < 4.78 is 0. The Morgan fingerprint density at radius 1 is 0.963 bits per heavy atom. The second-order valence-corrected chi connectivity index (χ2v) is 6.52. The number of carbonyl (C=O) groups excluding carboxylic acids is 1. The average Bonchev–Trinajstić information content (AvgIpc) is 2.68. The Morgan fingerprint density at radius 3 is 2.26 bits per heavy atom. The molecule has 1 amide bonds. The summed E-state index contributed by atoms with van der Waals surface area (Å²) >= 11 is 0. The molecule has 0 unspecified atom stereocenters. The molecular weight excluding hydrogens is 338 g/mol. The molecule has 6 heteroatoms. The van der Waals surface area contributed by atoms with E-state index in [1.807, 2.05) is 43.3 Å². The number of hydrogen-bond donors (Lipinski definition) is 2. The maximum Gasteiger partial charge on any atom is 0.275 e. The van der Waals surface area contributed by atoms with Crippen LogP contribution in [-0.4, -0.2) is 30.0 Å². The van der Waals surface area contributed by atoms with Crippen molar-refractivity contribution >= 4 is 23.1 Å². The van der Waals surface area contributed by atoms with Crippen LogP contribution in [0.15, 0.2) is 60.9 Å². The van der Waals surface area contributed by atoms with E-state index in [4.69, 9.17) is 0 Å². The zero-order valence-electron chi connectivity index (χ0n) is 15.7. The van der Waals surface area contributed by atoms with Gasteiger partial charge >= 0.3 is 0 Å². The highest BCUT2D eigenvalue weighted by atomic mass is 16.1. The van der Waals surface area contributed by atoms with Crippen LogP contribution in [-0.2, 0) is 6.54 Å². The van der Waals surface area contributed by atoms with Crippen LogP contribution in [0, 0.1) is 6.92 Å². The maximum absolute atomic E-state index is 12.3. The van der Waals surface area contributed by atoms with Gasteiger partial charge in [-0.3, -0.25) is 4.79 Å². The lowest BCUT2D eigenvalue weighted by molar-refractivity contribution is 0.102. The van der Waals surface area contributed by atoms with Crippen molar-refractivity contribution < 1.29 is 4.79 Å². The normalized spacial score (nSPS) is 10.3. The zero-order chi connectivity index (χ0) is 19.2. The molecule has 0 saturated heterocycles. The molecule has 2 aromatic carbocycles. The first-order valence-electron chi connectivity index (χ1n) is 8.71. The van der Waals surface area contributed by atoms with Gasteiger partial charge in [0, 0.05) is 32.0 Å². The molecule has 1 aromatic heterocycles. The lowest BCUT2D eigenvalue weighted by Crippen LogP contribution is -2.15. The number of hydrogen-bond acceptors (Lipinski definition) is 5. The molecule has 138 valence electrons. The molecule has 3 aromatic rings. The first-order valence-corrected chi connectivity index (χ1v) is 8.71. The van der Waals surface area contributed by atoms with Crippen molar-refractivity contribution in [1.82, 2.24) is 9.97 Å². The van der Waals surface area contributed by atoms with E-state index < -0.39 is 0 Å². The molecule has 0 atom stereocenters. The van der Waals surface area contributed by atoms with Crippen molar-refractivity contribution in [3.05, 3.63) is 77.7 Å². The maximum atomic E-state index is 12.3. The summed E-state index contributed by atoms with van der Waals surface area (Å²) in [6.45, 7) is 2.71. The Labute approximate surface area is 159 Å². The molecular formula is C21H23N5O. The van der Waals surface area contributed by atoms with Crippen LogP contribution in [0.5, 0.6) is 0 Å². The van der Waals surface area contributed by atoms with Crippen molar-refractivity contribution in [1.29, 1.82) is 0 Å². The van der Waals surface area contributed by atoms with Gasteiger partial charge in [0.25, 0.3) is 5.91 Å². The van der Waals surface area contributed by atoms with Gasteiger partial charge in [-0.05, 0) is 36.8 Å². The summed E-state index contributed by atoms with van der Waals surface area (Å²) in [6.07, 6.45) is 3.04. The van der Waals surface area contributed by atoms with Crippen LogP contribution in [0.1, 0.15) is 21.6 Å². The molecule has 2 N–H and O–H groups in total. The van der Waals surface area contributed by atoms with E-state index in [9.17, 15) is 4.79 Å². The highest BCUT2D eigenvalue weighted by molar-refractivity contribution is 6.02. The van der Waals surface area contributed by atoms with Gasteiger partial charge in [0.1, 0.15) is 11.5 Å². The van der Waals surface area contributed by atoms with E-state index in [2.05, 4.69) is 51.8 Å². The number of benzene rings is 2. The van der Waals surface area contributed by atoms with Crippen LogP contribution in [0.3, 0.4) is 0 Å². The summed E-state index contributed by atoms with van der Waals surface area (Å²) in [4.78, 5) is 22.8. The lowest BCUT2D eigenvalue weighted by atomic mass is 10.1. The SMILES string of the molecule is Cc1ccc(CNc2cnc(C(=O)Nc3ccc(N(C)C)cc3)cn2)cc1. The first-order chi connectivity index (χ1) is 13.0. The highest BCUT2D eigenvalue weighted by Crippen LogP contribution is 2.16. The van der Waals surface area contributed by atoms with E-state index >= 15 is 0 Å². The van der Waals surface area contributed by atoms with Gasteiger partial charge in [-0.2, -0.15) is 0 Å². The lowest BCUT2D eigenvalue weighted by Gasteiger charge is -2.13. The molecule has 3 rings (SSSR count). The van der Waals surface area contributed by atoms with Crippen LogP contribution >= 0.6 is 0 Å². The Morgan fingerprint density at radius 2 is 1.67 bits per heavy atom. The minimum atomic E-state index is -0.287. The van der Waals surface area contributed by atoms with Gasteiger partial charge in [-0.15, -0.1) is 0 Å². The third-order valence-electron chi connectivity index (χ3n) is 4.12. The summed E-state index contributed by atoms with van der Waals surface area (Å²) in [5, 5.41) is 6.03. The van der Waals surface area contributed by atoms with Crippen LogP contribution in [0.2, 0.25) is 0 Å². The minimum Gasteiger partial charge on any atom is -0.378 e. The van der Waals surface area contributed by atoms with Crippen molar-refractivity contribution in [3.63, 3.8) is 0 Å². The molecule has 6 nitrogen and oxygen atoms in total. The standard InChI is InChI=1S/C21H23N5O/c1-15-4-6-16(7-5-15)12-23-20-14-22-19(13-24-20)21(27)25-17-8-10-18(11-9-17)26(2)3/h4-11,13-14H,12H2,1-3H3,(H,23,24)(H,25,27). The Balaban J connectivity index is 1.57. The van der Waals surface area contributed by atoms with Gasteiger partial charge in [-0.25, -0.2) is 9.97 Å². The van der Waals surface area contributed by atoms with Crippen molar-refractivity contribution in [2.75, 3.05) is 29.6 Å². The minimum absolute atomic E-state index is 0.271. The van der Waals surface area contributed by atoms with Crippen LogP contribution in [0.4, 0.5) is 17.2 Å². The summed E-state index contributed by atoms with van der Waals surface area (Å²) in [5.41, 5.74) is 4.44. The van der Waals surface area contributed by atoms with E-state index in [-0.39, 0.29) is 11.6 Å². The van der Waals surface area contributed by atoms with Crippen molar-refractivity contribution in [2.24, 2.45) is 0 Å². The molecule has 0 spiro atoms. The molecule has 0 aliphatic carbocycles. The second kappa shape index (κ2) is 8.31. The molecule has 0 bridgehead atoms. The monoisotopic (exact) mass is 361 g/mol. The third kappa shape index (κ3) is 5.04. The second-order valence-electron chi connectivity index (χ2n) is 6.52. The predicted molar refractivity (Wildman–Crippen MR) is 109 cm³/mol. The predicted octanol–water partition coefficient (Wildman–Crippen LogP) is 3.72. The molecule has 1 heterocycles. The van der Waals surface area contributed by atoms with Crippen LogP contribution < -0.4 is 15.5 Å². The van der Waals surface area contributed by atoms with Gasteiger partial charge < -0.3 is 15.5 Å². The topological polar surface area (TPSA) is 70.2 Å². The average molecular weight is 361 g/mol. The fourth-order valence-corrected chi connectivity index (χ4v) is 2.47. The molecule has 0 aliphatic heterocycles. The number of anilines is 3. The summed E-state index contributed by atoms with van der Waals surface area (Å²) in [6, 6.07) is 15.9. The first kappa shape index (κ1) is 18.4. The third-order valence-corrected chi connectivity index (χ3v) is 4.12. The van der Waals surface area contributed by atoms with E-state index in [1.54, 1.807) is 6.20 Å². The van der Waals surface area contributed by atoms with Crippen LogP contribution in [0.25, 0.3) is 0 Å². The number of aromatic nitrogens is 2. The molecule has 0 aliphatic rings. The fraction of sp³-hybridized carbons (Fsp3) is 0.190. The number of amides is 1. The number of rotatable bonds is 6. The number of aryl methyl sites for hydroxylation is 1. The quantitative estimate of drug-likeness (QED) is 0.700. The van der Waals surface area contributed by atoms with Crippen molar-refractivity contribution in [3.8, 4) is 0 Å². The molecule has 0 saturated carbocycles. The Bertz CT molecular complexity index is 887. The summed E-state index contributed by atoms with van der Waals surface area (Å²) in [7, 11) is 3.94.